The van der Waals surface area contributed by atoms with Gasteiger partial charge in [-0.1, -0.05) is 37.5 Å². The van der Waals surface area contributed by atoms with Crippen LogP contribution < -0.4 is 10.2 Å². The van der Waals surface area contributed by atoms with Crippen LogP contribution in [0.2, 0.25) is 0 Å². The zero-order valence-corrected chi connectivity index (χ0v) is 12.6. The Morgan fingerprint density at radius 3 is 2.63 bits per heavy atom. The number of anilines is 1. The van der Waals surface area contributed by atoms with Gasteiger partial charge in [0.2, 0.25) is 5.91 Å². The number of rotatable bonds is 7. The largest absolute Gasteiger partial charge is 0.365 e. The maximum Gasteiger partial charge on any atom is 0.239 e. The molecule has 0 bridgehead atoms. The second-order valence-corrected chi connectivity index (χ2v) is 5.20. The lowest BCUT2D eigenvalue weighted by Crippen LogP contribution is -2.35. The zero-order chi connectivity index (χ0) is 14.3. The summed E-state index contributed by atoms with van der Waals surface area (Å²) in [6.07, 6.45) is 3.42. The van der Waals surface area contributed by atoms with Gasteiger partial charge in [-0.05, 0) is 31.9 Å². The van der Waals surface area contributed by atoms with Gasteiger partial charge in [0, 0.05) is 19.3 Å². The first-order valence-corrected chi connectivity index (χ1v) is 7.09. The Balaban J connectivity index is 2.45. The predicted molar refractivity (Wildman–Crippen MR) is 81.7 cm³/mol. The van der Waals surface area contributed by atoms with Crippen molar-refractivity contribution in [1.82, 2.24) is 5.32 Å². The third-order valence-corrected chi connectivity index (χ3v) is 3.25. The molecule has 1 aromatic carbocycles. The number of benzene rings is 1. The zero-order valence-electron chi connectivity index (χ0n) is 12.6. The topological polar surface area (TPSA) is 32.3 Å². The van der Waals surface area contributed by atoms with E-state index in [9.17, 15) is 4.79 Å². The van der Waals surface area contributed by atoms with E-state index in [1.807, 2.05) is 11.9 Å². The van der Waals surface area contributed by atoms with E-state index >= 15 is 0 Å². The van der Waals surface area contributed by atoms with E-state index in [1.54, 1.807) is 0 Å². The van der Waals surface area contributed by atoms with Crippen molar-refractivity contribution in [3.05, 3.63) is 29.3 Å². The van der Waals surface area contributed by atoms with Gasteiger partial charge < -0.3 is 10.2 Å². The fourth-order valence-corrected chi connectivity index (χ4v) is 2.19. The molecular weight excluding hydrogens is 236 g/mol. The number of nitrogens with zero attached hydrogens (tertiary/aromatic N) is 1. The summed E-state index contributed by atoms with van der Waals surface area (Å²) in [5.74, 6) is 0.0959. The summed E-state index contributed by atoms with van der Waals surface area (Å²) in [5.41, 5.74) is 3.58. The van der Waals surface area contributed by atoms with Gasteiger partial charge in [-0.15, -0.1) is 0 Å². The SMILES string of the molecule is CCCCCNC(=O)CN(C)c1ccc(C)cc1C. The highest BCUT2D eigenvalue weighted by molar-refractivity contribution is 5.81. The lowest BCUT2D eigenvalue weighted by atomic mass is 10.1. The molecule has 0 aliphatic carbocycles. The van der Waals surface area contributed by atoms with Crippen LogP contribution in [0.3, 0.4) is 0 Å². The summed E-state index contributed by atoms with van der Waals surface area (Å²) in [7, 11) is 1.96. The molecule has 0 spiro atoms. The predicted octanol–water partition coefficient (Wildman–Crippen LogP) is 3.05. The summed E-state index contributed by atoms with van der Waals surface area (Å²) in [4.78, 5) is 13.8. The molecule has 0 aromatic heterocycles. The number of hydrogen-bond acceptors (Lipinski definition) is 2. The quantitative estimate of drug-likeness (QED) is 0.766. The molecule has 0 heterocycles. The van der Waals surface area contributed by atoms with Crippen LogP contribution in [0.4, 0.5) is 5.69 Å². The smallest absolute Gasteiger partial charge is 0.239 e. The Bertz CT molecular complexity index is 415. The molecule has 1 rings (SSSR count). The van der Waals surface area contributed by atoms with Crippen LogP contribution in [-0.4, -0.2) is 26.0 Å². The van der Waals surface area contributed by atoms with Crippen molar-refractivity contribution in [2.75, 3.05) is 25.0 Å². The first-order chi connectivity index (χ1) is 9.04. The molecule has 0 saturated heterocycles. The summed E-state index contributed by atoms with van der Waals surface area (Å²) in [5, 5.41) is 2.97. The second-order valence-electron chi connectivity index (χ2n) is 5.20. The van der Waals surface area contributed by atoms with Gasteiger partial charge in [0.1, 0.15) is 0 Å². The van der Waals surface area contributed by atoms with Crippen molar-refractivity contribution in [2.45, 2.75) is 40.0 Å². The number of carbonyl (C=O) groups is 1. The minimum atomic E-state index is 0.0959. The van der Waals surface area contributed by atoms with Gasteiger partial charge >= 0.3 is 0 Å². The fraction of sp³-hybridized carbons (Fsp3) is 0.562. The first-order valence-electron chi connectivity index (χ1n) is 7.09. The number of hydrogen-bond donors (Lipinski definition) is 1. The molecule has 1 amide bonds. The molecule has 1 aromatic rings. The van der Waals surface area contributed by atoms with E-state index in [0.717, 1.165) is 18.7 Å². The molecule has 0 atom stereocenters. The van der Waals surface area contributed by atoms with Gasteiger partial charge in [-0.25, -0.2) is 0 Å². The molecule has 106 valence electrons. The third-order valence-electron chi connectivity index (χ3n) is 3.25. The molecular formula is C16H26N2O. The Hall–Kier alpha value is -1.51. The second kappa shape index (κ2) is 7.82. The number of aryl methyl sites for hydroxylation is 2. The molecule has 0 aliphatic heterocycles. The number of nitrogens with one attached hydrogen (secondary N) is 1. The van der Waals surface area contributed by atoms with E-state index < -0.39 is 0 Å². The number of likely N-dealkylation sites (N-methyl/N-ethyl adjacent to an activating group) is 1. The lowest BCUT2D eigenvalue weighted by molar-refractivity contribution is -0.119. The Labute approximate surface area is 117 Å². The molecule has 3 nitrogen and oxygen atoms in total. The van der Waals surface area contributed by atoms with E-state index in [1.165, 1.54) is 24.0 Å². The normalized spacial score (nSPS) is 10.3. The minimum Gasteiger partial charge on any atom is -0.365 e. The van der Waals surface area contributed by atoms with Crippen molar-refractivity contribution in [2.24, 2.45) is 0 Å². The molecule has 0 unspecified atom stereocenters. The molecule has 0 fully saturated rings. The van der Waals surface area contributed by atoms with Gasteiger partial charge in [0.05, 0.1) is 6.54 Å². The van der Waals surface area contributed by atoms with Crippen LogP contribution in [0, 0.1) is 13.8 Å². The van der Waals surface area contributed by atoms with Crippen LogP contribution in [0.15, 0.2) is 18.2 Å². The number of unbranched alkanes of at least 4 members (excludes halogenated alkanes) is 2. The Morgan fingerprint density at radius 2 is 2.00 bits per heavy atom. The highest BCUT2D eigenvalue weighted by atomic mass is 16.2. The van der Waals surface area contributed by atoms with E-state index in [0.29, 0.717) is 6.54 Å². The highest BCUT2D eigenvalue weighted by Crippen LogP contribution is 2.19. The van der Waals surface area contributed by atoms with Crippen molar-refractivity contribution in [3.8, 4) is 0 Å². The van der Waals surface area contributed by atoms with E-state index in [-0.39, 0.29) is 5.91 Å². The van der Waals surface area contributed by atoms with Crippen LogP contribution in [-0.2, 0) is 4.79 Å². The fourth-order valence-electron chi connectivity index (χ4n) is 2.19. The maximum absolute atomic E-state index is 11.8. The van der Waals surface area contributed by atoms with Crippen LogP contribution in [0.5, 0.6) is 0 Å². The molecule has 1 N–H and O–H groups in total. The monoisotopic (exact) mass is 262 g/mol. The average molecular weight is 262 g/mol. The Kier molecular flexibility index (Phi) is 6.40. The van der Waals surface area contributed by atoms with Crippen LogP contribution in [0.1, 0.15) is 37.3 Å². The molecule has 3 heteroatoms. The Morgan fingerprint density at radius 1 is 1.26 bits per heavy atom. The summed E-state index contributed by atoms with van der Waals surface area (Å²) < 4.78 is 0. The number of carbonyl (C=O) groups excluding carboxylic acids is 1. The van der Waals surface area contributed by atoms with Crippen LogP contribution >= 0.6 is 0 Å². The highest BCUT2D eigenvalue weighted by Gasteiger charge is 2.09. The van der Waals surface area contributed by atoms with Gasteiger partial charge in [-0.3, -0.25) is 4.79 Å². The molecule has 0 aliphatic rings. The van der Waals surface area contributed by atoms with Gasteiger partial charge in [0.25, 0.3) is 0 Å². The summed E-state index contributed by atoms with van der Waals surface area (Å²) in [6.45, 7) is 7.52. The van der Waals surface area contributed by atoms with Crippen molar-refractivity contribution >= 4 is 11.6 Å². The van der Waals surface area contributed by atoms with Crippen LogP contribution in [0.25, 0.3) is 0 Å². The molecule has 0 saturated carbocycles. The standard InChI is InChI=1S/C16H26N2O/c1-5-6-7-10-17-16(19)12-18(4)15-9-8-13(2)11-14(15)3/h8-9,11H,5-7,10,12H2,1-4H3,(H,17,19). The summed E-state index contributed by atoms with van der Waals surface area (Å²) in [6, 6.07) is 6.30. The van der Waals surface area contributed by atoms with Crippen molar-refractivity contribution < 1.29 is 4.79 Å². The third kappa shape index (κ3) is 5.33. The molecule has 19 heavy (non-hydrogen) atoms. The van der Waals surface area contributed by atoms with E-state index in [4.69, 9.17) is 0 Å². The summed E-state index contributed by atoms with van der Waals surface area (Å²) >= 11 is 0. The lowest BCUT2D eigenvalue weighted by Gasteiger charge is -2.21. The van der Waals surface area contributed by atoms with Gasteiger partial charge in [0.15, 0.2) is 0 Å². The van der Waals surface area contributed by atoms with Crippen molar-refractivity contribution in [1.29, 1.82) is 0 Å². The maximum atomic E-state index is 11.8. The number of amides is 1. The average Bonchev–Trinajstić information content (AvgIpc) is 2.34. The van der Waals surface area contributed by atoms with Crippen molar-refractivity contribution in [3.63, 3.8) is 0 Å². The molecule has 0 radical (unpaired) electrons. The van der Waals surface area contributed by atoms with Gasteiger partial charge in [-0.2, -0.15) is 0 Å². The minimum absolute atomic E-state index is 0.0959. The first kappa shape index (κ1) is 15.5. The van der Waals surface area contributed by atoms with E-state index in [2.05, 4.69) is 44.3 Å².